The lowest BCUT2D eigenvalue weighted by molar-refractivity contribution is -0.120. The summed E-state index contributed by atoms with van der Waals surface area (Å²) in [5.41, 5.74) is 1.60. The molecule has 108 valence electrons. The number of carboxylic acids is 1. The number of benzene rings is 2. The first-order chi connectivity index (χ1) is 10.0. The molecule has 0 spiro atoms. The van der Waals surface area contributed by atoms with Gasteiger partial charge in [-0.2, -0.15) is 0 Å². The normalized spacial score (nSPS) is 10.1. The molecule has 0 aliphatic rings. The van der Waals surface area contributed by atoms with Crippen LogP contribution in [0.15, 0.2) is 48.5 Å². The molecule has 0 radical (unpaired) electrons. The highest BCUT2D eigenvalue weighted by Gasteiger charge is 2.05. The molecule has 0 bridgehead atoms. The molecule has 0 saturated carbocycles. The van der Waals surface area contributed by atoms with Gasteiger partial charge in [-0.15, -0.1) is 0 Å². The minimum absolute atomic E-state index is 0.102. The highest BCUT2D eigenvalue weighted by Crippen LogP contribution is 2.06. The standard InChI is InChI=1S/C16H14FNO3/c17-14-3-1-2-12(8-14)9-15(19)18-10-11-4-6-13(7-5-11)16(20)21/h1-8H,9-10H2,(H,18,19)(H,20,21). The lowest BCUT2D eigenvalue weighted by atomic mass is 10.1. The molecule has 2 N–H and O–H groups in total. The number of halogens is 1. The highest BCUT2D eigenvalue weighted by atomic mass is 19.1. The van der Waals surface area contributed by atoms with Crippen molar-refractivity contribution in [3.63, 3.8) is 0 Å². The van der Waals surface area contributed by atoms with Crippen LogP contribution in [0.5, 0.6) is 0 Å². The fourth-order valence-corrected chi connectivity index (χ4v) is 1.86. The maximum atomic E-state index is 13.0. The fourth-order valence-electron chi connectivity index (χ4n) is 1.86. The average molecular weight is 287 g/mol. The van der Waals surface area contributed by atoms with Crippen molar-refractivity contribution in [1.82, 2.24) is 5.32 Å². The maximum absolute atomic E-state index is 13.0. The summed E-state index contributed by atoms with van der Waals surface area (Å²) in [7, 11) is 0. The van der Waals surface area contributed by atoms with Gasteiger partial charge in [-0.3, -0.25) is 4.79 Å². The van der Waals surface area contributed by atoms with Gasteiger partial charge in [-0.1, -0.05) is 24.3 Å². The summed E-state index contributed by atoms with van der Waals surface area (Å²) in [5.74, 6) is -1.58. The molecule has 0 heterocycles. The zero-order valence-electron chi connectivity index (χ0n) is 11.2. The van der Waals surface area contributed by atoms with E-state index in [2.05, 4.69) is 5.32 Å². The third-order valence-corrected chi connectivity index (χ3v) is 2.94. The van der Waals surface area contributed by atoms with E-state index in [0.717, 1.165) is 5.56 Å². The fraction of sp³-hybridized carbons (Fsp3) is 0.125. The lowest BCUT2D eigenvalue weighted by Gasteiger charge is -2.06. The first kappa shape index (κ1) is 14.7. The monoisotopic (exact) mass is 287 g/mol. The summed E-state index contributed by atoms with van der Waals surface area (Å²) < 4.78 is 13.0. The van der Waals surface area contributed by atoms with E-state index >= 15 is 0 Å². The largest absolute Gasteiger partial charge is 0.478 e. The summed E-state index contributed by atoms with van der Waals surface area (Å²) >= 11 is 0. The zero-order chi connectivity index (χ0) is 15.2. The van der Waals surface area contributed by atoms with Gasteiger partial charge < -0.3 is 10.4 Å². The van der Waals surface area contributed by atoms with Crippen LogP contribution >= 0.6 is 0 Å². The first-order valence-electron chi connectivity index (χ1n) is 6.38. The molecular formula is C16H14FNO3. The van der Waals surface area contributed by atoms with Crippen molar-refractivity contribution < 1.29 is 19.1 Å². The van der Waals surface area contributed by atoms with Crippen molar-refractivity contribution in [2.75, 3.05) is 0 Å². The molecule has 4 nitrogen and oxygen atoms in total. The van der Waals surface area contributed by atoms with E-state index in [0.29, 0.717) is 12.1 Å². The lowest BCUT2D eigenvalue weighted by Crippen LogP contribution is -2.24. The number of carbonyl (C=O) groups is 2. The molecule has 2 aromatic carbocycles. The van der Waals surface area contributed by atoms with Gasteiger partial charge in [0, 0.05) is 6.54 Å². The molecule has 0 unspecified atom stereocenters. The van der Waals surface area contributed by atoms with Gasteiger partial charge in [0.15, 0.2) is 0 Å². The van der Waals surface area contributed by atoms with Crippen LogP contribution in [0.25, 0.3) is 0 Å². The number of rotatable bonds is 5. The summed E-state index contributed by atoms with van der Waals surface area (Å²) in [5, 5.41) is 11.5. The van der Waals surface area contributed by atoms with Crippen LogP contribution in [0.3, 0.4) is 0 Å². The second kappa shape index (κ2) is 6.65. The van der Waals surface area contributed by atoms with Crippen LogP contribution in [0.4, 0.5) is 4.39 Å². The van der Waals surface area contributed by atoms with E-state index in [1.165, 1.54) is 24.3 Å². The second-order valence-corrected chi connectivity index (χ2v) is 4.59. The van der Waals surface area contributed by atoms with Crippen LogP contribution < -0.4 is 5.32 Å². The van der Waals surface area contributed by atoms with Crippen LogP contribution in [0.2, 0.25) is 0 Å². The zero-order valence-corrected chi connectivity index (χ0v) is 11.2. The van der Waals surface area contributed by atoms with Crippen molar-refractivity contribution in [1.29, 1.82) is 0 Å². The van der Waals surface area contributed by atoms with Gasteiger partial charge >= 0.3 is 5.97 Å². The Labute approximate surface area is 121 Å². The quantitative estimate of drug-likeness (QED) is 0.887. The van der Waals surface area contributed by atoms with Gasteiger partial charge in [-0.25, -0.2) is 9.18 Å². The van der Waals surface area contributed by atoms with Gasteiger partial charge in [0.2, 0.25) is 5.91 Å². The van der Waals surface area contributed by atoms with Crippen molar-refractivity contribution in [3.05, 3.63) is 71.0 Å². The van der Waals surface area contributed by atoms with E-state index in [-0.39, 0.29) is 23.7 Å². The van der Waals surface area contributed by atoms with E-state index in [1.54, 1.807) is 24.3 Å². The van der Waals surface area contributed by atoms with Crippen LogP contribution in [-0.2, 0) is 17.8 Å². The molecule has 0 atom stereocenters. The molecule has 0 fully saturated rings. The summed E-state index contributed by atoms with van der Waals surface area (Å²) in [6.07, 6.45) is 0.102. The van der Waals surface area contributed by atoms with E-state index < -0.39 is 5.97 Å². The van der Waals surface area contributed by atoms with Crippen LogP contribution in [0.1, 0.15) is 21.5 Å². The molecule has 0 aromatic heterocycles. The summed E-state index contributed by atoms with van der Waals surface area (Å²) in [6, 6.07) is 12.1. The third-order valence-electron chi connectivity index (χ3n) is 2.94. The molecular weight excluding hydrogens is 273 g/mol. The van der Waals surface area contributed by atoms with E-state index in [1.807, 2.05) is 0 Å². The Bertz CT molecular complexity index is 653. The Kier molecular flexibility index (Phi) is 4.66. The summed E-state index contributed by atoms with van der Waals surface area (Å²) in [6.45, 7) is 0.300. The predicted molar refractivity (Wildman–Crippen MR) is 75.4 cm³/mol. The predicted octanol–water partition coefficient (Wildman–Crippen LogP) is 2.38. The number of amides is 1. The van der Waals surface area contributed by atoms with Crippen LogP contribution in [-0.4, -0.2) is 17.0 Å². The molecule has 0 aliphatic carbocycles. The Morgan fingerprint density at radius 1 is 1.05 bits per heavy atom. The molecule has 0 saturated heterocycles. The Morgan fingerprint density at radius 3 is 2.38 bits per heavy atom. The molecule has 21 heavy (non-hydrogen) atoms. The van der Waals surface area contributed by atoms with Gasteiger partial charge in [0.1, 0.15) is 5.82 Å². The Morgan fingerprint density at radius 2 is 1.76 bits per heavy atom. The SMILES string of the molecule is O=C(Cc1cccc(F)c1)NCc1ccc(C(=O)O)cc1. The Hall–Kier alpha value is -2.69. The third kappa shape index (κ3) is 4.42. The maximum Gasteiger partial charge on any atom is 0.335 e. The van der Waals surface area contributed by atoms with Crippen molar-refractivity contribution >= 4 is 11.9 Å². The molecule has 5 heteroatoms. The topological polar surface area (TPSA) is 66.4 Å². The number of hydrogen-bond acceptors (Lipinski definition) is 2. The summed E-state index contributed by atoms with van der Waals surface area (Å²) in [4.78, 5) is 22.5. The molecule has 2 rings (SSSR count). The average Bonchev–Trinajstić information content (AvgIpc) is 2.45. The van der Waals surface area contributed by atoms with E-state index in [4.69, 9.17) is 5.11 Å². The minimum atomic E-state index is -0.989. The van der Waals surface area contributed by atoms with Crippen molar-refractivity contribution in [2.45, 2.75) is 13.0 Å². The smallest absolute Gasteiger partial charge is 0.335 e. The highest BCUT2D eigenvalue weighted by molar-refractivity contribution is 5.87. The number of carbonyl (C=O) groups excluding carboxylic acids is 1. The van der Waals surface area contributed by atoms with Gasteiger partial charge in [0.25, 0.3) is 0 Å². The van der Waals surface area contributed by atoms with Crippen LogP contribution in [0, 0.1) is 5.82 Å². The number of aromatic carboxylic acids is 1. The van der Waals surface area contributed by atoms with Gasteiger partial charge in [0.05, 0.1) is 12.0 Å². The number of carboxylic acid groups (broad SMARTS) is 1. The molecule has 1 amide bonds. The second-order valence-electron chi connectivity index (χ2n) is 4.59. The molecule has 2 aromatic rings. The van der Waals surface area contributed by atoms with Crippen molar-refractivity contribution in [2.24, 2.45) is 0 Å². The Balaban J connectivity index is 1.87. The number of hydrogen-bond donors (Lipinski definition) is 2. The molecule has 0 aliphatic heterocycles. The van der Waals surface area contributed by atoms with E-state index in [9.17, 15) is 14.0 Å². The van der Waals surface area contributed by atoms with Crippen molar-refractivity contribution in [3.8, 4) is 0 Å². The van der Waals surface area contributed by atoms with Gasteiger partial charge in [-0.05, 0) is 35.4 Å². The number of nitrogens with one attached hydrogen (secondary N) is 1. The first-order valence-corrected chi connectivity index (χ1v) is 6.38. The minimum Gasteiger partial charge on any atom is -0.478 e.